The van der Waals surface area contributed by atoms with Gasteiger partial charge in [0.25, 0.3) is 0 Å². The quantitative estimate of drug-likeness (QED) is 0.542. The molecule has 2 heteroatoms. The standard InChI is InChI=1S/C16H28N2/c1-4-9-13(3)12-16(18-17)15(5-2)14-10-7-6-8-11-14/h6-8,10-11,13,15-16,18H,4-5,9,12,17H2,1-3H3. The summed E-state index contributed by atoms with van der Waals surface area (Å²) < 4.78 is 0. The molecule has 0 heterocycles. The van der Waals surface area contributed by atoms with Gasteiger partial charge in [0.15, 0.2) is 0 Å². The fourth-order valence-electron chi connectivity index (χ4n) is 2.85. The Morgan fingerprint density at radius 3 is 2.33 bits per heavy atom. The van der Waals surface area contributed by atoms with E-state index in [-0.39, 0.29) is 0 Å². The Hall–Kier alpha value is -0.860. The maximum absolute atomic E-state index is 5.78. The molecular formula is C16H28N2. The van der Waals surface area contributed by atoms with Crippen LogP contribution in [0.5, 0.6) is 0 Å². The number of hydrogen-bond acceptors (Lipinski definition) is 2. The summed E-state index contributed by atoms with van der Waals surface area (Å²) in [6.45, 7) is 6.81. The van der Waals surface area contributed by atoms with Crippen LogP contribution in [0.25, 0.3) is 0 Å². The molecule has 1 aromatic carbocycles. The Morgan fingerprint density at radius 2 is 1.83 bits per heavy atom. The van der Waals surface area contributed by atoms with Gasteiger partial charge in [-0.05, 0) is 24.3 Å². The second kappa shape index (κ2) is 8.28. The number of hydrogen-bond donors (Lipinski definition) is 2. The summed E-state index contributed by atoms with van der Waals surface area (Å²) in [6, 6.07) is 11.1. The van der Waals surface area contributed by atoms with Crippen molar-refractivity contribution >= 4 is 0 Å². The zero-order chi connectivity index (χ0) is 13.4. The van der Waals surface area contributed by atoms with Crippen LogP contribution in [0.2, 0.25) is 0 Å². The Balaban J connectivity index is 2.72. The minimum absolute atomic E-state index is 0.374. The van der Waals surface area contributed by atoms with Gasteiger partial charge >= 0.3 is 0 Å². The highest BCUT2D eigenvalue weighted by Gasteiger charge is 2.22. The predicted octanol–water partition coefficient (Wildman–Crippen LogP) is 3.84. The Bertz CT molecular complexity index is 310. The third kappa shape index (κ3) is 4.43. The lowest BCUT2D eigenvalue weighted by Crippen LogP contribution is -2.40. The minimum atomic E-state index is 0.374. The molecule has 102 valence electrons. The van der Waals surface area contributed by atoms with Gasteiger partial charge in [0.2, 0.25) is 0 Å². The molecule has 0 amide bonds. The molecular weight excluding hydrogens is 220 g/mol. The molecule has 0 aromatic heterocycles. The summed E-state index contributed by atoms with van der Waals surface area (Å²) in [5, 5.41) is 0. The average Bonchev–Trinajstić information content (AvgIpc) is 2.40. The first-order valence-corrected chi connectivity index (χ1v) is 7.23. The molecule has 3 atom stereocenters. The van der Waals surface area contributed by atoms with Gasteiger partial charge in [-0.1, -0.05) is 63.9 Å². The van der Waals surface area contributed by atoms with Crippen molar-refractivity contribution in [3.8, 4) is 0 Å². The van der Waals surface area contributed by atoms with Crippen LogP contribution in [-0.2, 0) is 0 Å². The number of nitrogens with two attached hydrogens (primary N) is 1. The highest BCUT2D eigenvalue weighted by Crippen LogP contribution is 2.27. The van der Waals surface area contributed by atoms with E-state index in [0.717, 1.165) is 18.8 Å². The number of hydrazine groups is 1. The van der Waals surface area contributed by atoms with E-state index < -0.39 is 0 Å². The molecule has 0 saturated heterocycles. The monoisotopic (exact) mass is 248 g/mol. The summed E-state index contributed by atoms with van der Waals surface area (Å²) in [7, 11) is 0. The lowest BCUT2D eigenvalue weighted by Gasteiger charge is -2.28. The molecule has 0 aliphatic heterocycles. The summed E-state index contributed by atoms with van der Waals surface area (Å²) in [6.07, 6.45) is 4.81. The summed E-state index contributed by atoms with van der Waals surface area (Å²) in [5.74, 6) is 7.02. The fourth-order valence-corrected chi connectivity index (χ4v) is 2.85. The van der Waals surface area contributed by atoms with Gasteiger partial charge in [0.05, 0.1) is 0 Å². The minimum Gasteiger partial charge on any atom is -0.271 e. The average molecular weight is 248 g/mol. The second-order valence-corrected chi connectivity index (χ2v) is 5.33. The van der Waals surface area contributed by atoms with Crippen LogP contribution in [-0.4, -0.2) is 6.04 Å². The van der Waals surface area contributed by atoms with Gasteiger partial charge in [-0.15, -0.1) is 0 Å². The van der Waals surface area contributed by atoms with E-state index >= 15 is 0 Å². The van der Waals surface area contributed by atoms with E-state index in [1.807, 2.05) is 0 Å². The second-order valence-electron chi connectivity index (χ2n) is 5.33. The lowest BCUT2D eigenvalue weighted by atomic mass is 9.84. The third-order valence-electron chi connectivity index (χ3n) is 3.81. The van der Waals surface area contributed by atoms with Crippen LogP contribution < -0.4 is 11.3 Å². The van der Waals surface area contributed by atoms with E-state index in [2.05, 4.69) is 56.5 Å². The van der Waals surface area contributed by atoms with E-state index in [9.17, 15) is 0 Å². The molecule has 0 radical (unpaired) electrons. The van der Waals surface area contributed by atoms with Crippen molar-refractivity contribution in [1.29, 1.82) is 0 Å². The third-order valence-corrected chi connectivity index (χ3v) is 3.81. The molecule has 0 spiro atoms. The molecule has 1 aromatic rings. The van der Waals surface area contributed by atoms with Crippen LogP contribution in [0.1, 0.15) is 57.9 Å². The van der Waals surface area contributed by atoms with Crippen molar-refractivity contribution in [2.75, 3.05) is 0 Å². The normalized spacial score (nSPS) is 16.2. The molecule has 3 N–H and O–H groups in total. The van der Waals surface area contributed by atoms with Crippen molar-refractivity contribution in [2.45, 2.75) is 58.4 Å². The highest BCUT2D eigenvalue weighted by atomic mass is 15.2. The molecule has 3 unspecified atom stereocenters. The molecule has 0 aliphatic rings. The Labute approximate surface area is 112 Å². The van der Waals surface area contributed by atoms with Crippen LogP contribution in [0.3, 0.4) is 0 Å². The first-order chi connectivity index (χ1) is 8.72. The molecule has 2 nitrogen and oxygen atoms in total. The van der Waals surface area contributed by atoms with Gasteiger partial charge in [-0.25, -0.2) is 0 Å². The maximum Gasteiger partial charge on any atom is 0.0281 e. The molecule has 0 fully saturated rings. The van der Waals surface area contributed by atoms with Crippen molar-refractivity contribution in [1.82, 2.24) is 5.43 Å². The van der Waals surface area contributed by atoms with Gasteiger partial charge < -0.3 is 0 Å². The maximum atomic E-state index is 5.78. The van der Waals surface area contributed by atoms with Crippen LogP contribution in [0.4, 0.5) is 0 Å². The first kappa shape index (κ1) is 15.2. The Kier molecular flexibility index (Phi) is 6.99. The highest BCUT2D eigenvalue weighted by molar-refractivity contribution is 5.21. The smallest absolute Gasteiger partial charge is 0.0281 e. The molecule has 0 saturated carbocycles. The summed E-state index contributed by atoms with van der Waals surface area (Å²) in [4.78, 5) is 0. The SMILES string of the molecule is CCCC(C)CC(NN)C(CC)c1ccccc1. The lowest BCUT2D eigenvalue weighted by molar-refractivity contribution is 0.338. The molecule has 1 rings (SSSR count). The van der Waals surface area contributed by atoms with E-state index in [0.29, 0.717) is 12.0 Å². The summed E-state index contributed by atoms with van der Waals surface area (Å²) in [5.41, 5.74) is 4.44. The number of benzene rings is 1. The van der Waals surface area contributed by atoms with Gasteiger partial charge in [-0.3, -0.25) is 11.3 Å². The summed E-state index contributed by atoms with van der Waals surface area (Å²) >= 11 is 0. The topological polar surface area (TPSA) is 38.0 Å². The van der Waals surface area contributed by atoms with Crippen molar-refractivity contribution in [3.63, 3.8) is 0 Å². The van der Waals surface area contributed by atoms with Crippen LogP contribution in [0, 0.1) is 5.92 Å². The van der Waals surface area contributed by atoms with Crippen molar-refractivity contribution in [3.05, 3.63) is 35.9 Å². The zero-order valence-corrected chi connectivity index (χ0v) is 12.0. The molecule has 0 aliphatic carbocycles. The number of nitrogens with one attached hydrogen (secondary N) is 1. The van der Waals surface area contributed by atoms with Crippen LogP contribution >= 0.6 is 0 Å². The van der Waals surface area contributed by atoms with Crippen molar-refractivity contribution in [2.24, 2.45) is 11.8 Å². The Morgan fingerprint density at radius 1 is 1.17 bits per heavy atom. The van der Waals surface area contributed by atoms with Gasteiger partial charge in [0.1, 0.15) is 0 Å². The van der Waals surface area contributed by atoms with E-state index in [1.165, 1.54) is 18.4 Å². The predicted molar refractivity (Wildman–Crippen MR) is 79.3 cm³/mol. The van der Waals surface area contributed by atoms with Crippen molar-refractivity contribution < 1.29 is 0 Å². The largest absolute Gasteiger partial charge is 0.271 e. The van der Waals surface area contributed by atoms with E-state index in [1.54, 1.807) is 0 Å². The van der Waals surface area contributed by atoms with E-state index in [4.69, 9.17) is 5.84 Å². The van der Waals surface area contributed by atoms with Gasteiger partial charge in [0, 0.05) is 12.0 Å². The number of rotatable bonds is 8. The molecule has 0 bridgehead atoms. The first-order valence-electron chi connectivity index (χ1n) is 7.23. The zero-order valence-electron chi connectivity index (χ0n) is 12.0. The van der Waals surface area contributed by atoms with Gasteiger partial charge in [-0.2, -0.15) is 0 Å². The van der Waals surface area contributed by atoms with Crippen LogP contribution in [0.15, 0.2) is 30.3 Å². The fraction of sp³-hybridized carbons (Fsp3) is 0.625. The molecule has 18 heavy (non-hydrogen) atoms.